The van der Waals surface area contributed by atoms with E-state index in [1.165, 1.54) is 6.33 Å². The lowest BCUT2D eigenvalue weighted by Gasteiger charge is -2.09. The molecule has 0 saturated heterocycles. The Bertz CT molecular complexity index is 392. The number of hydrogen-bond donors (Lipinski definition) is 3. The molecule has 0 fully saturated rings. The number of rotatable bonds is 3. The Morgan fingerprint density at radius 1 is 1.59 bits per heavy atom. The molecule has 2 aromatic heterocycles. The normalized spacial score (nSPS) is 12.0. The molecule has 2 heterocycles. The lowest BCUT2D eigenvalue weighted by atomic mass is 10.2. The summed E-state index contributed by atoms with van der Waals surface area (Å²) in [5.41, 5.74) is 0. The molecule has 0 aromatic carbocycles. The maximum absolute atomic E-state index is 8.74. The van der Waals surface area contributed by atoms with Crippen LogP contribution in [-0.2, 0) is 4.57 Å². The SMILES string of the molecule is CCC(c1nc[nH]n1)n1cncn1.O=[PH](O)O. The second-order valence-electron chi connectivity index (χ2n) is 2.94. The van der Waals surface area contributed by atoms with Gasteiger partial charge in [-0.05, 0) is 6.42 Å². The molecule has 0 bridgehead atoms. The van der Waals surface area contributed by atoms with E-state index in [9.17, 15) is 0 Å². The summed E-state index contributed by atoms with van der Waals surface area (Å²) in [5.74, 6) is 0.744. The van der Waals surface area contributed by atoms with Gasteiger partial charge in [-0.3, -0.25) is 9.66 Å². The molecular formula is C7H13N6O3P. The zero-order chi connectivity index (χ0) is 12.7. The molecule has 0 saturated carbocycles. The zero-order valence-corrected chi connectivity index (χ0v) is 10.1. The standard InChI is InChI=1S/C7H10N6.H3O3P/c1-2-6(7-9-4-10-12-7)13-5-8-3-11-13;1-4(2)3/h3-6H,2H2,1H3,(H,9,10,12);4H,(H2,1,2,3). The van der Waals surface area contributed by atoms with Gasteiger partial charge >= 0.3 is 8.25 Å². The van der Waals surface area contributed by atoms with Crippen molar-refractivity contribution < 1.29 is 14.4 Å². The molecule has 0 radical (unpaired) electrons. The minimum absolute atomic E-state index is 0.0775. The van der Waals surface area contributed by atoms with Crippen LogP contribution in [0.4, 0.5) is 0 Å². The van der Waals surface area contributed by atoms with Gasteiger partial charge in [0.25, 0.3) is 0 Å². The largest absolute Gasteiger partial charge is 0.326 e. The molecule has 0 aliphatic heterocycles. The summed E-state index contributed by atoms with van der Waals surface area (Å²) in [4.78, 5) is 22.3. The second-order valence-corrected chi connectivity index (χ2v) is 3.50. The first-order valence-electron chi connectivity index (χ1n) is 4.76. The first kappa shape index (κ1) is 13.5. The molecule has 94 valence electrons. The summed E-state index contributed by atoms with van der Waals surface area (Å²) < 4.78 is 10.5. The van der Waals surface area contributed by atoms with Crippen LogP contribution in [0.1, 0.15) is 25.2 Å². The van der Waals surface area contributed by atoms with Gasteiger partial charge in [0.2, 0.25) is 0 Å². The molecule has 0 spiro atoms. The third-order valence-corrected chi connectivity index (χ3v) is 1.87. The Labute approximate surface area is 97.5 Å². The van der Waals surface area contributed by atoms with Crippen LogP contribution in [0, 0.1) is 0 Å². The molecule has 2 aromatic rings. The number of nitrogens with zero attached hydrogens (tertiary/aromatic N) is 5. The van der Waals surface area contributed by atoms with Crippen molar-refractivity contribution in [2.75, 3.05) is 0 Å². The average molecular weight is 260 g/mol. The van der Waals surface area contributed by atoms with Crippen molar-refractivity contribution in [3.8, 4) is 0 Å². The minimum Gasteiger partial charge on any atom is -0.326 e. The van der Waals surface area contributed by atoms with Gasteiger partial charge in [-0.2, -0.15) is 10.2 Å². The predicted molar refractivity (Wildman–Crippen MR) is 58.3 cm³/mol. The van der Waals surface area contributed by atoms with Crippen LogP contribution in [-0.4, -0.2) is 39.7 Å². The Hall–Kier alpha value is -1.57. The molecular weight excluding hydrogens is 247 g/mol. The molecule has 9 nitrogen and oxygen atoms in total. The van der Waals surface area contributed by atoms with Crippen LogP contribution in [0.3, 0.4) is 0 Å². The Kier molecular flexibility index (Phi) is 5.47. The first-order chi connectivity index (χ1) is 8.15. The minimum atomic E-state index is -3.13. The Balaban J connectivity index is 0.000000317. The summed E-state index contributed by atoms with van der Waals surface area (Å²) in [7, 11) is -3.13. The smallest absolute Gasteiger partial charge is 0.314 e. The van der Waals surface area contributed by atoms with Crippen molar-refractivity contribution in [3.63, 3.8) is 0 Å². The van der Waals surface area contributed by atoms with Gasteiger partial charge in [0.1, 0.15) is 25.0 Å². The van der Waals surface area contributed by atoms with Crippen molar-refractivity contribution in [2.45, 2.75) is 19.4 Å². The van der Waals surface area contributed by atoms with Gasteiger partial charge in [-0.25, -0.2) is 14.6 Å². The Morgan fingerprint density at radius 3 is 2.71 bits per heavy atom. The quantitative estimate of drug-likeness (QED) is 0.649. The van der Waals surface area contributed by atoms with E-state index in [2.05, 4.69) is 32.2 Å². The van der Waals surface area contributed by atoms with Crippen molar-refractivity contribution >= 4 is 8.25 Å². The fourth-order valence-corrected chi connectivity index (χ4v) is 1.25. The highest BCUT2D eigenvalue weighted by Crippen LogP contribution is 2.14. The lowest BCUT2D eigenvalue weighted by molar-refractivity contribution is 0.405. The summed E-state index contributed by atoms with van der Waals surface area (Å²) in [6.07, 6.45) is 5.63. The van der Waals surface area contributed by atoms with Crippen LogP contribution < -0.4 is 0 Å². The molecule has 3 N–H and O–H groups in total. The van der Waals surface area contributed by atoms with Crippen LogP contribution in [0.15, 0.2) is 19.0 Å². The van der Waals surface area contributed by atoms with E-state index in [0.717, 1.165) is 12.2 Å². The molecule has 0 aliphatic rings. The highest BCUT2D eigenvalue weighted by atomic mass is 31.1. The third kappa shape index (κ3) is 4.43. The first-order valence-corrected chi connectivity index (χ1v) is 6.07. The zero-order valence-electron chi connectivity index (χ0n) is 9.06. The number of hydrogen-bond acceptors (Lipinski definition) is 5. The van der Waals surface area contributed by atoms with Gasteiger partial charge in [0.05, 0.1) is 0 Å². The predicted octanol–water partition coefficient (Wildman–Crippen LogP) is -0.244. The molecule has 1 unspecified atom stereocenters. The number of nitrogens with one attached hydrogen (secondary N) is 1. The van der Waals surface area contributed by atoms with E-state index in [1.54, 1.807) is 17.3 Å². The topological polar surface area (TPSA) is 130 Å². The molecule has 1 atom stereocenters. The van der Waals surface area contributed by atoms with E-state index in [1.807, 2.05) is 0 Å². The summed E-state index contributed by atoms with van der Waals surface area (Å²) in [5, 5.41) is 10.8. The average Bonchev–Trinajstić information content (AvgIpc) is 2.89. The molecule has 2 rings (SSSR count). The van der Waals surface area contributed by atoms with Gasteiger partial charge in [-0.1, -0.05) is 6.92 Å². The molecule has 10 heteroatoms. The summed E-state index contributed by atoms with van der Waals surface area (Å²) >= 11 is 0. The summed E-state index contributed by atoms with van der Waals surface area (Å²) in [6, 6.07) is 0.0775. The monoisotopic (exact) mass is 260 g/mol. The van der Waals surface area contributed by atoms with Crippen molar-refractivity contribution in [1.82, 2.24) is 29.9 Å². The van der Waals surface area contributed by atoms with E-state index >= 15 is 0 Å². The third-order valence-electron chi connectivity index (χ3n) is 1.87. The van der Waals surface area contributed by atoms with Gasteiger partial charge in [-0.15, -0.1) is 0 Å². The van der Waals surface area contributed by atoms with Crippen LogP contribution in [0.25, 0.3) is 0 Å². The van der Waals surface area contributed by atoms with Crippen molar-refractivity contribution in [3.05, 3.63) is 24.8 Å². The van der Waals surface area contributed by atoms with E-state index < -0.39 is 8.25 Å². The maximum atomic E-state index is 8.74. The molecule has 0 aliphatic carbocycles. The number of aromatic nitrogens is 6. The highest BCUT2D eigenvalue weighted by Gasteiger charge is 2.14. The fourth-order valence-electron chi connectivity index (χ4n) is 1.25. The van der Waals surface area contributed by atoms with E-state index in [-0.39, 0.29) is 6.04 Å². The number of H-pyrrole nitrogens is 1. The fraction of sp³-hybridized carbons (Fsp3) is 0.429. The van der Waals surface area contributed by atoms with E-state index in [0.29, 0.717) is 0 Å². The van der Waals surface area contributed by atoms with Gasteiger partial charge < -0.3 is 9.79 Å². The maximum Gasteiger partial charge on any atom is 0.314 e. The van der Waals surface area contributed by atoms with Gasteiger partial charge in [0, 0.05) is 0 Å². The summed E-state index contributed by atoms with van der Waals surface area (Å²) in [6.45, 7) is 2.06. The lowest BCUT2D eigenvalue weighted by Crippen LogP contribution is -2.11. The van der Waals surface area contributed by atoms with Crippen LogP contribution in [0.5, 0.6) is 0 Å². The second kappa shape index (κ2) is 6.89. The molecule has 17 heavy (non-hydrogen) atoms. The van der Waals surface area contributed by atoms with Crippen molar-refractivity contribution in [2.24, 2.45) is 0 Å². The van der Waals surface area contributed by atoms with Crippen molar-refractivity contribution in [1.29, 1.82) is 0 Å². The van der Waals surface area contributed by atoms with Gasteiger partial charge in [0.15, 0.2) is 5.82 Å². The van der Waals surface area contributed by atoms with Crippen LogP contribution in [0.2, 0.25) is 0 Å². The van der Waals surface area contributed by atoms with Crippen LogP contribution >= 0.6 is 8.25 Å². The highest BCUT2D eigenvalue weighted by molar-refractivity contribution is 7.30. The van der Waals surface area contributed by atoms with E-state index in [4.69, 9.17) is 14.4 Å². The number of aromatic amines is 1. The Morgan fingerprint density at radius 2 is 2.29 bits per heavy atom. The molecule has 0 amide bonds.